The molecule has 9 nitrogen and oxygen atoms in total. The highest BCUT2D eigenvalue weighted by atomic mass is 35.5. The first-order chi connectivity index (χ1) is 20.2. The predicted molar refractivity (Wildman–Crippen MR) is 159 cm³/mol. The Morgan fingerprint density at radius 2 is 1.81 bits per heavy atom. The minimum atomic E-state index is -0.905. The van der Waals surface area contributed by atoms with Gasteiger partial charge in [0.2, 0.25) is 0 Å². The largest absolute Gasteiger partial charge is 0.496 e. The van der Waals surface area contributed by atoms with Crippen LogP contribution in [-0.4, -0.2) is 37.3 Å². The van der Waals surface area contributed by atoms with Crippen LogP contribution in [0.25, 0.3) is 17.4 Å². The first-order valence-electron chi connectivity index (χ1n) is 12.7. The smallest absolute Gasteiger partial charge is 0.338 e. The molecular weight excluding hydrogens is 603 g/mol. The monoisotopic (exact) mass is 626 g/mol. The molecule has 1 atom stereocenters. The van der Waals surface area contributed by atoms with E-state index in [9.17, 15) is 14.4 Å². The Morgan fingerprint density at radius 1 is 1.07 bits per heavy atom. The summed E-state index contributed by atoms with van der Waals surface area (Å²) >= 11 is 13.7. The molecule has 0 amide bonds. The Labute approximate surface area is 253 Å². The number of nitrogens with zero attached hydrogens (tertiary/aromatic N) is 2. The lowest BCUT2D eigenvalue weighted by molar-refractivity contribution is -0.139. The maximum absolute atomic E-state index is 13.9. The van der Waals surface area contributed by atoms with E-state index >= 15 is 0 Å². The predicted octanol–water partition coefficient (Wildman–Crippen LogP) is 5.16. The van der Waals surface area contributed by atoms with Crippen LogP contribution in [0, 0.1) is 0 Å². The van der Waals surface area contributed by atoms with Gasteiger partial charge in [0.1, 0.15) is 23.3 Å². The zero-order valence-corrected chi connectivity index (χ0v) is 25.2. The van der Waals surface area contributed by atoms with Gasteiger partial charge in [0.25, 0.3) is 5.56 Å². The van der Waals surface area contributed by atoms with Crippen LogP contribution in [-0.2, 0) is 14.3 Å². The standard InChI is InChI=1S/C30H24Cl2N2O7S/c1-5-40-29(37)25-15(2)33-30-34(26(25)21-13-17(32)7-10-22(21)38-3)27(35)24(42-30)14-18-8-11-23(41-18)20-12-16(31)6-9-19(20)28(36)39-4/h6-14,26H,5H2,1-4H3/b24-14-/t26-/m0/s1. The first-order valence-corrected chi connectivity index (χ1v) is 14.2. The van der Waals surface area contributed by atoms with Crippen LogP contribution in [0.5, 0.6) is 5.75 Å². The molecule has 5 rings (SSSR count). The molecule has 0 saturated carbocycles. The number of thiazole rings is 1. The van der Waals surface area contributed by atoms with Crippen LogP contribution in [0.4, 0.5) is 0 Å². The van der Waals surface area contributed by atoms with Gasteiger partial charge in [0.05, 0.1) is 42.2 Å². The summed E-state index contributed by atoms with van der Waals surface area (Å²) in [6, 6.07) is 12.2. The lowest BCUT2D eigenvalue weighted by Gasteiger charge is -2.26. The molecule has 0 spiro atoms. The highest BCUT2D eigenvalue weighted by Crippen LogP contribution is 2.37. The van der Waals surface area contributed by atoms with Crippen molar-refractivity contribution in [3.8, 4) is 17.1 Å². The molecule has 2 aromatic carbocycles. The number of allylic oxidation sites excluding steroid dienone is 1. The number of halogens is 2. The van der Waals surface area contributed by atoms with E-state index in [-0.39, 0.29) is 17.7 Å². The average molecular weight is 628 g/mol. The maximum atomic E-state index is 13.9. The van der Waals surface area contributed by atoms with E-state index in [1.54, 1.807) is 68.5 Å². The number of hydrogen-bond acceptors (Lipinski definition) is 9. The highest BCUT2D eigenvalue weighted by Gasteiger charge is 2.35. The Balaban J connectivity index is 1.67. The maximum Gasteiger partial charge on any atom is 0.338 e. The molecule has 12 heteroatoms. The Bertz CT molecular complexity index is 1940. The van der Waals surface area contributed by atoms with Crippen LogP contribution in [0.3, 0.4) is 0 Å². The number of furan rings is 1. The minimum absolute atomic E-state index is 0.143. The second-order valence-corrected chi connectivity index (χ2v) is 11.0. The van der Waals surface area contributed by atoms with Gasteiger partial charge < -0.3 is 18.6 Å². The van der Waals surface area contributed by atoms with E-state index in [1.807, 2.05) is 0 Å². The van der Waals surface area contributed by atoms with Gasteiger partial charge in [0, 0.05) is 27.2 Å². The number of esters is 2. The second kappa shape index (κ2) is 12.0. The van der Waals surface area contributed by atoms with Crippen molar-refractivity contribution in [1.82, 2.24) is 4.57 Å². The fourth-order valence-corrected chi connectivity index (χ4v) is 6.10. The van der Waals surface area contributed by atoms with Gasteiger partial charge in [-0.1, -0.05) is 34.5 Å². The van der Waals surface area contributed by atoms with Crippen molar-refractivity contribution >= 4 is 52.6 Å². The quantitative estimate of drug-likeness (QED) is 0.261. The fourth-order valence-electron chi connectivity index (χ4n) is 4.72. The number of benzene rings is 2. The summed E-state index contributed by atoms with van der Waals surface area (Å²) in [5, 5.41) is 0.814. The molecule has 0 radical (unpaired) electrons. The van der Waals surface area contributed by atoms with Crippen molar-refractivity contribution in [3.63, 3.8) is 0 Å². The number of carbonyl (C=O) groups excluding carboxylic acids is 2. The van der Waals surface area contributed by atoms with Gasteiger partial charge in [-0.3, -0.25) is 9.36 Å². The summed E-state index contributed by atoms with van der Waals surface area (Å²) in [4.78, 5) is 44.4. The fraction of sp³-hybridized carbons (Fsp3) is 0.200. The molecule has 0 saturated heterocycles. The minimum Gasteiger partial charge on any atom is -0.496 e. The number of fused-ring (bicyclic) bond motifs is 1. The molecular formula is C30H24Cl2N2O7S. The van der Waals surface area contributed by atoms with Crippen LogP contribution in [0.1, 0.15) is 41.6 Å². The second-order valence-electron chi connectivity index (χ2n) is 9.07. The third kappa shape index (κ3) is 5.40. The van der Waals surface area contributed by atoms with Crippen molar-refractivity contribution in [2.75, 3.05) is 20.8 Å². The van der Waals surface area contributed by atoms with Gasteiger partial charge in [0.15, 0.2) is 4.80 Å². The summed E-state index contributed by atoms with van der Waals surface area (Å²) in [6.45, 7) is 3.54. The van der Waals surface area contributed by atoms with E-state index in [0.717, 1.165) is 11.3 Å². The van der Waals surface area contributed by atoms with Crippen LogP contribution >= 0.6 is 34.5 Å². The summed E-state index contributed by atoms with van der Waals surface area (Å²) in [5.41, 5.74) is 1.43. The molecule has 2 aromatic heterocycles. The molecule has 4 aromatic rings. The highest BCUT2D eigenvalue weighted by molar-refractivity contribution is 7.07. The molecule has 3 heterocycles. The summed E-state index contributed by atoms with van der Waals surface area (Å²) in [7, 11) is 2.78. The number of hydrogen-bond donors (Lipinski definition) is 0. The van der Waals surface area contributed by atoms with E-state index in [4.69, 9.17) is 41.8 Å². The van der Waals surface area contributed by atoms with Crippen molar-refractivity contribution < 1.29 is 28.2 Å². The van der Waals surface area contributed by atoms with Crippen molar-refractivity contribution in [3.05, 3.63) is 106 Å². The molecule has 0 fully saturated rings. The van der Waals surface area contributed by atoms with Gasteiger partial charge >= 0.3 is 11.9 Å². The van der Waals surface area contributed by atoms with Crippen molar-refractivity contribution in [1.29, 1.82) is 0 Å². The Kier molecular flexibility index (Phi) is 8.40. The van der Waals surface area contributed by atoms with Gasteiger partial charge in [-0.15, -0.1) is 0 Å². The number of rotatable bonds is 7. The molecule has 1 aliphatic rings. The number of ether oxygens (including phenoxy) is 3. The average Bonchev–Trinajstić information content (AvgIpc) is 3.56. The first kappa shape index (κ1) is 29.4. The zero-order chi connectivity index (χ0) is 30.1. The van der Waals surface area contributed by atoms with Gasteiger partial charge in [-0.05, 0) is 62.4 Å². The van der Waals surface area contributed by atoms with E-state index in [2.05, 4.69) is 4.99 Å². The van der Waals surface area contributed by atoms with Crippen molar-refractivity contribution in [2.24, 2.45) is 4.99 Å². The summed E-state index contributed by atoms with van der Waals surface area (Å²) in [5.74, 6) is 0.00748. The van der Waals surface area contributed by atoms with Crippen molar-refractivity contribution in [2.45, 2.75) is 19.9 Å². The lowest BCUT2D eigenvalue weighted by Crippen LogP contribution is -2.40. The Hall–Kier alpha value is -4.12. The van der Waals surface area contributed by atoms with Crippen LogP contribution in [0.2, 0.25) is 10.0 Å². The topological polar surface area (TPSA) is 109 Å². The van der Waals surface area contributed by atoms with Crippen LogP contribution < -0.4 is 19.6 Å². The van der Waals surface area contributed by atoms with E-state index < -0.39 is 23.5 Å². The Morgan fingerprint density at radius 3 is 2.52 bits per heavy atom. The SMILES string of the molecule is CCOC(=O)C1=C(C)N=c2s/c(=C\c3ccc(-c4cc(Cl)ccc4C(=O)OC)o3)c(=O)n2[C@H]1c1cc(Cl)ccc1OC. The van der Waals surface area contributed by atoms with Crippen LogP contribution in [0.15, 0.2) is 74.0 Å². The number of methoxy groups -OCH3 is 2. The third-order valence-corrected chi connectivity index (χ3v) is 8.01. The summed E-state index contributed by atoms with van der Waals surface area (Å²) < 4.78 is 23.6. The number of carbonyl (C=O) groups is 2. The van der Waals surface area contributed by atoms with Gasteiger partial charge in [-0.25, -0.2) is 14.6 Å². The summed E-state index contributed by atoms with van der Waals surface area (Å²) in [6.07, 6.45) is 1.57. The van der Waals surface area contributed by atoms with E-state index in [1.165, 1.54) is 18.8 Å². The zero-order valence-electron chi connectivity index (χ0n) is 22.9. The molecule has 1 aliphatic heterocycles. The molecule has 0 N–H and O–H groups in total. The molecule has 42 heavy (non-hydrogen) atoms. The van der Waals surface area contributed by atoms with Gasteiger partial charge in [-0.2, -0.15) is 0 Å². The molecule has 216 valence electrons. The third-order valence-electron chi connectivity index (χ3n) is 6.56. The molecule has 0 unspecified atom stereocenters. The normalized spacial score (nSPS) is 14.8. The number of aromatic nitrogens is 1. The molecule has 0 aliphatic carbocycles. The molecule has 0 bridgehead atoms. The van der Waals surface area contributed by atoms with E-state index in [0.29, 0.717) is 53.5 Å². The lowest BCUT2D eigenvalue weighted by atomic mass is 9.95.